The molecule has 1 heterocycles. The van der Waals surface area contributed by atoms with Gasteiger partial charge < -0.3 is 9.80 Å². The molecule has 0 aromatic heterocycles. The van der Waals surface area contributed by atoms with E-state index < -0.39 is 0 Å². The Labute approximate surface area is 130 Å². The number of likely N-dealkylation sites (tertiary alicyclic amines) is 1. The number of carbonyl (C=O) groups is 2. The number of benzene rings is 1. The number of anilines is 1. The van der Waals surface area contributed by atoms with Gasteiger partial charge >= 0.3 is 0 Å². The molecule has 1 aliphatic heterocycles. The summed E-state index contributed by atoms with van der Waals surface area (Å²) in [5, 5.41) is 0.629. The molecule has 1 aliphatic rings. The van der Waals surface area contributed by atoms with Crippen molar-refractivity contribution in [3.63, 3.8) is 0 Å². The van der Waals surface area contributed by atoms with Crippen molar-refractivity contribution < 1.29 is 9.59 Å². The van der Waals surface area contributed by atoms with Crippen molar-refractivity contribution in [3.8, 4) is 0 Å². The third-order valence-corrected chi connectivity index (χ3v) is 4.33. The van der Waals surface area contributed by atoms with Crippen LogP contribution in [0, 0.1) is 6.92 Å². The first-order valence-electron chi connectivity index (χ1n) is 7.31. The fraction of sp³-hybridized carbons (Fsp3) is 0.500. The summed E-state index contributed by atoms with van der Waals surface area (Å²) in [5.41, 5.74) is 1.65. The summed E-state index contributed by atoms with van der Waals surface area (Å²) in [6, 6.07) is 5.49. The quantitative estimate of drug-likeness (QED) is 0.858. The predicted octanol–water partition coefficient (Wildman–Crippen LogP) is 3.01. The van der Waals surface area contributed by atoms with Gasteiger partial charge in [0.05, 0.1) is 0 Å². The Balaban J connectivity index is 2.07. The Morgan fingerprint density at radius 1 is 1.29 bits per heavy atom. The van der Waals surface area contributed by atoms with E-state index in [0.717, 1.165) is 37.2 Å². The van der Waals surface area contributed by atoms with Gasteiger partial charge in [-0.15, -0.1) is 0 Å². The van der Waals surface area contributed by atoms with Crippen molar-refractivity contribution >= 4 is 29.1 Å². The monoisotopic (exact) mass is 308 g/mol. The molecule has 4 nitrogen and oxygen atoms in total. The zero-order valence-electron chi connectivity index (χ0n) is 12.6. The zero-order valence-corrected chi connectivity index (χ0v) is 13.3. The molecule has 0 unspecified atom stereocenters. The molecule has 0 saturated carbocycles. The highest BCUT2D eigenvalue weighted by molar-refractivity contribution is 6.31. The molecule has 1 saturated heterocycles. The Bertz CT molecular complexity index is 539. The summed E-state index contributed by atoms with van der Waals surface area (Å²) in [6.07, 6.45) is 2.51. The van der Waals surface area contributed by atoms with E-state index in [2.05, 4.69) is 0 Å². The lowest BCUT2D eigenvalue weighted by molar-refractivity contribution is -0.129. The Morgan fingerprint density at radius 2 is 1.95 bits per heavy atom. The van der Waals surface area contributed by atoms with Crippen LogP contribution in [0.2, 0.25) is 5.02 Å². The van der Waals surface area contributed by atoms with Gasteiger partial charge in [0.1, 0.15) is 0 Å². The maximum Gasteiger partial charge on any atom is 0.224 e. The largest absolute Gasteiger partial charge is 0.343 e. The van der Waals surface area contributed by atoms with Crippen molar-refractivity contribution in [2.45, 2.75) is 33.1 Å². The van der Waals surface area contributed by atoms with Gasteiger partial charge in [0.15, 0.2) is 0 Å². The average molecular weight is 309 g/mol. The molecule has 1 aromatic rings. The third kappa shape index (κ3) is 3.76. The van der Waals surface area contributed by atoms with Gasteiger partial charge in [0.25, 0.3) is 0 Å². The topological polar surface area (TPSA) is 40.6 Å². The van der Waals surface area contributed by atoms with Crippen LogP contribution < -0.4 is 4.90 Å². The highest BCUT2D eigenvalue weighted by Gasteiger charge is 2.21. The van der Waals surface area contributed by atoms with Crippen LogP contribution in [0.4, 0.5) is 5.69 Å². The molecular formula is C16H21ClN2O2. The van der Waals surface area contributed by atoms with Gasteiger partial charge in [0, 0.05) is 43.7 Å². The van der Waals surface area contributed by atoms with E-state index >= 15 is 0 Å². The summed E-state index contributed by atoms with van der Waals surface area (Å²) >= 11 is 6.12. The SMILES string of the molecule is CC(=O)N(CCC(=O)N1CCCC1)c1cccc(Cl)c1C. The highest BCUT2D eigenvalue weighted by atomic mass is 35.5. The number of carbonyl (C=O) groups excluding carboxylic acids is 2. The zero-order chi connectivity index (χ0) is 15.4. The fourth-order valence-electron chi connectivity index (χ4n) is 2.67. The Morgan fingerprint density at radius 3 is 2.57 bits per heavy atom. The third-order valence-electron chi connectivity index (χ3n) is 3.92. The van der Waals surface area contributed by atoms with Crippen molar-refractivity contribution in [3.05, 3.63) is 28.8 Å². The van der Waals surface area contributed by atoms with Gasteiger partial charge in [-0.05, 0) is 37.5 Å². The second-order valence-electron chi connectivity index (χ2n) is 5.39. The first-order chi connectivity index (χ1) is 10.0. The van der Waals surface area contributed by atoms with Gasteiger partial charge in [-0.1, -0.05) is 17.7 Å². The minimum atomic E-state index is -0.0745. The summed E-state index contributed by atoms with van der Waals surface area (Å²) in [5.74, 6) is 0.0491. The lowest BCUT2D eigenvalue weighted by atomic mass is 10.1. The van der Waals surface area contributed by atoms with Crippen molar-refractivity contribution in [2.24, 2.45) is 0 Å². The Kier molecular flexibility index (Phi) is 5.23. The molecule has 5 heteroatoms. The van der Waals surface area contributed by atoms with E-state index in [1.165, 1.54) is 6.92 Å². The molecule has 0 atom stereocenters. The number of hydrogen-bond acceptors (Lipinski definition) is 2. The fourth-order valence-corrected chi connectivity index (χ4v) is 2.84. The minimum Gasteiger partial charge on any atom is -0.343 e. The van der Waals surface area contributed by atoms with Crippen LogP contribution in [0.3, 0.4) is 0 Å². The highest BCUT2D eigenvalue weighted by Crippen LogP contribution is 2.27. The van der Waals surface area contributed by atoms with Gasteiger partial charge in [-0.2, -0.15) is 0 Å². The molecule has 0 radical (unpaired) electrons. The van der Waals surface area contributed by atoms with E-state index in [-0.39, 0.29) is 11.8 Å². The molecule has 0 spiro atoms. The molecule has 0 aliphatic carbocycles. The number of amides is 2. The number of rotatable bonds is 4. The number of halogens is 1. The van der Waals surface area contributed by atoms with Crippen LogP contribution in [-0.2, 0) is 9.59 Å². The lowest BCUT2D eigenvalue weighted by Gasteiger charge is -2.24. The van der Waals surface area contributed by atoms with Crippen LogP contribution in [0.25, 0.3) is 0 Å². The van der Waals surface area contributed by atoms with Crippen LogP contribution in [0.5, 0.6) is 0 Å². The molecule has 2 rings (SSSR count). The molecule has 1 aromatic carbocycles. The second-order valence-corrected chi connectivity index (χ2v) is 5.80. The van der Waals surface area contributed by atoms with E-state index in [9.17, 15) is 9.59 Å². The van der Waals surface area contributed by atoms with Crippen LogP contribution in [0.15, 0.2) is 18.2 Å². The van der Waals surface area contributed by atoms with E-state index in [4.69, 9.17) is 11.6 Å². The van der Waals surface area contributed by atoms with E-state index in [1.54, 1.807) is 11.0 Å². The van der Waals surface area contributed by atoms with E-state index in [0.29, 0.717) is 18.0 Å². The minimum absolute atomic E-state index is 0.0745. The van der Waals surface area contributed by atoms with Gasteiger partial charge in [-0.3, -0.25) is 9.59 Å². The van der Waals surface area contributed by atoms with Gasteiger partial charge in [0.2, 0.25) is 11.8 Å². The molecule has 0 bridgehead atoms. The first kappa shape index (κ1) is 15.8. The molecular weight excluding hydrogens is 288 g/mol. The number of nitrogens with zero attached hydrogens (tertiary/aromatic N) is 2. The molecule has 1 fully saturated rings. The molecule has 114 valence electrons. The predicted molar refractivity (Wildman–Crippen MR) is 84.6 cm³/mol. The summed E-state index contributed by atoms with van der Waals surface area (Å²) in [6.45, 7) is 5.48. The normalized spacial score (nSPS) is 14.3. The maximum atomic E-state index is 12.1. The summed E-state index contributed by atoms with van der Waals surface area (Å²) in [4.78, 5) is 27.5. The molecule has 21 heavy (non-hydrogen) atoms. The first-order valence-corrected chi connectivity index (χ1v) is 7.69. The lowest BCUT2D eigenvalue weighted by Crippen LogP contribution is -2.35. The van der Waals surface area contributed by atoms with Crippen molar-refractivity contribution in [2.75, 3.05) is 24.5 Å². The number of hydrogen-bond donors (Lipinski definition) is 0. The van der Waals surface area contributed by atoms with Crippen LogP contribution in [-0.4, -0.2) is 36.3 Å². The smallest absolute Gasteiger partial charge is 0.224 e. The molecule has 0 N–H and O–H groups in total. The second kappa shape index (κ2) is 6.94. The maximum absolute atomic E-state index is 12.1. The van der Waals surface area contributed by atoms with Crippen molar-refractivity contribution in [1.82, 2.24) is 4.90 Å². The summed E-state index contributed by atoms with van der Waals surface area (Å²) in [7, 11) is 0. The van der Waals surface area contributed by atoms with Crippen LogP contribution in [0.1, 0.15) is 31.7 Å². The standard InChI is InChI=1S/C16H21ClN2O2/c1-12-14(17)6-5-7-15(12)19(13(2)20)11-8-16(21)18-9-3-4-10-18/h5-7H,3-4,8-11H2,1-2H3. The van der Waals surface area contributed by atoms with Gasteiger partial charge in [-0.25, -0.2) is 0 Å². The summed E-state index contributed by atoms with van der Waals surface area (Å²) < 4.78 is 0. The Hall–Kier alpha value is -1.55. The van der Waals surface area contributed by atoms with E-state index in [1.807, 2.05) is 24.0 Å². The van der Waals surface area contributed by atoms with Crippen LogP contribution >= 0.6 is 11.6 Å². The van der Waals surface area contributed by atoms with Crippen molar-refractivity contribution in [1.29, 1.82) is 0 Å². The average Bonchev–Trinajstić information content (AvgIpc) is 2.97. The molecule has 2 amide bonds.